The largest absolute Gasteiger partial charge is 0.369 e. The summed E-state index contributed by atoms with van der Waals surface area (Å²) in [6.07, 6.45) is -0.276. The highest BCUT2D eigenvalue weighted by molar-refractivity contribution is 5.85. The van der Waals surface area contributed by atoms with Gasteiger partial charge in [-0.2, -0.15) is 0 Å². The zero-order valence-corrected chi connectivity index (χ0v) is 10.8. The molecule has 94 valence electrons. The van der Waals surface area contributed by atoms with Crippen molar-refractivity contribution in [1.82, 2.24) is 10.2 Å². The van der Waals surface area contributed by atoms with Crippen LogP contribution in [0, 0.1) is 11.8 Å². The molecule has 2 heterocycles. The summed E-state index contributed by atoms with van der Waals surface area (Å²) in [5.41, 5.74) is 0. The molecule has 1 amide bonds. The van der Waals surface area contributed by atoms with Crippen LogP contribution in [0.1, 0.15) is 13.8 Å². The van der Waals surface area contributed by atoms with Crippen LogP contribution < -0.4 is 5.32 Å². The number of nitrogens with one attached hydrogen (secondary N) is 1. The molecule has 0 aromatic rings. The maximum absolute atomic E-state index is 11.9. The van der Waals surface area contributed by atoms with Crippen molar-refractivity contribution in [2.24, 2.45) is 11.8 Å². The predicted molar refractivity (Wildman–Crippen MR) is 64.8 cm³/mol. The molecule has 3 atom stereocenters. The second-order valence-electron chi connectivity index (χ2n) is 4.52. The Morgan fingerprint density at radius 2 is 2.00 bits per heavy atom. The maximum Gasteiger partial charge on any atom is 0.251 e. The lowest BCUT2D eigenvalue weighted by Gasteiger charge is -2.21. The van der Waals surface area contributed by atoms with Crippen molar-refractivity contribution in [2.75, 3.05) is 32.8 Å². The van der Waals surface area contributed by atoms with E-state index in [0.29, 0.717) is 18.4 Å². The van der Waals surface area contributed by atoms with Crippen LogP contribution in [0.3, 0.4) is 0 Å². The van der Waals surface area contributed by atoms with Gasteiger partial charge in [0.05, 0.1) is 0 Å². The molecule has 4 nitrogen and oxygen atoms in total. The first-order chi connectivity index (χ1) is 7.22. The van der Waals surface area contributed by atoms with Crippen molar-refractivity contribution in [3.05, 3.63) is 0 Å². The monoisotopic (exact) mass is 248 g/mol. The fourth-order valence-corrected chi connectivity index (χ4v) is 2.61. The number of carbonyl (C=O) groups is 1. The summed E-state index contributed by atoms with van der Waals surface area (Å²) in [5, 5.41) is 3.37. The normalized spacial score (nSPS) is 29.8. The van der Waals surface area contributed by atoms with Gasteiger partial charge in [-0.15, -0.1) is 12.4 Å². The molecule has 2 fully saturated rings. The number of rotatable bonds is 3. The molecule has 2 aliphatic heterocycles. The van der Waals surface area contributed by atoms with Crippen LogP contribution in [-0.4, -0.2) is 49.7 Å². The Hall–Kier alpha value is -0.320. The molecule has 0 aromatic heterocycles. The zero-order valence-electron chi connectivity index (χ0n) is 9.94. The molecule has 0 aliphatic carbocycles. The van der Waals surface area contributed by atoms with Crippen LogP contribution >= 0.6 is 12.4 Å². The van der Waals surface area contributed by atoms with Gasteiger partial charge in [-0.05, 0) is 25.7 Å². The summed E-state index contributed by atoms with van der Waals surface area (Å²) in [6.45, 7) is 8.33. The SMILES string of the molecule is CCOC(C)C(=O)N1C[C@H]2CNC[C@H]2C1.Cl. The third-order valence-electron chi connectivity index (χ3n) is 3.47. The van der Waals surface area contributed by atoms with Crippen molar-refractivity contribution in [3.63, 3.8) is 0 Å². The van der Waals surface area contributed by atoms with Gasteiger partial charge in [0.2, 0.25) is 0 Å². The summed E-state index contributed by atoms with van der Waals surface area (Å²) in [7, 11) is 0. The Kier molecular flexibility index (Phi) is 5.02. The molecular weight excluding hydrogens is 228 g/mol. The highest BCUT2D eigenvalue weighted by Gasteiger charge is 2.39. The number of nitrogens with zero attached hydrogens (tertiary/aromatic N) is 1. The van der Waals surface area contributed by atoms with Gasteiger partial charge in [-0.1, -0.05) is 0 Å². The van der Waals surface area contributed by atoms with Crippen LogP contribution in [-0.2, 0) is 9.53 Å². The lowest BCUT2D eigenvalue weighted by Crippen LogP contribution is -2.39. The van der Waals surface area contributed by atoms with E-state index in [1.54, 1.807) is 0 Å². The lowest BCUT2D eigenvalue weighted by atomic mass is 10.0. The average molecular weight is 249 g/mol. The van der Waals surface area contributed by atoms with Gasteiger partial charge in [0.25, 0.3) is 5.91 Å². The first-order valence-corrected chi connectivity index (χ1v) is 5.83. The third kappa shape index (κ3) is 2.67. The fourth-order valence-electron chi connectivity index (χ4n) is 2.61. The average Bonchev–Trinajstić information content (AvgIpc) is 2.75. The van der Waals surface area contributed by atoms with Crippen LogP contribution in [0.4, 0.5) is 0 Å². The highest BCUT2D eigenvalue weighted by Crippen LogP contribution is 2.26. The summed E-state index contributed by atoms with van der Waals surface area (Å²) in [6, 6.07) is 0. The Morgan fingerprint density at radius 1 is 1.44 bits per heavy atom. The van der Waals surface area contributed by atoms with Crippen LogP contribution in [0.2, 0.25) is 0 Å². The first-order valence-electron chi connectivity index (χ1n) is 5.83. The van der Waals surface area contributed by atoms with E-state index in [1.165, 1.54) is 0 Å². The Balaban J connectivity index is 0.00000128. The molecule has 1 N–H and O–H groups in total. The van der Waals surface area contributed by atoms with E-state index in [0.717, 1.165) is 26.2 Å². The number of halogens is 1. The topological polar surface area (TPSA) is 41.6 Å². The van der Waals surface area contributed by atoms with Crippen LogP contribution in [0.15, 0.2) is 0 Å². The molecule has 2 aliphatic rings. The maximum atomic E-state index is 11.9. The smallest absolute Gasteiger partial charge is 0.251 e. The standard InChI is InChI=1S/C11H20N2O2.ClH/c1-3-15-8(2)11(14)13-6-9-4-12-5-10(9)7-13;/h8-10,12H,3-7H2,1-2H3;1H/t8?,9-,10+;. The molecule has 0 radical (unpaired) electrons. The van der Waals surface area contributed by atoms with Gasteiger partial charge in [0, 0.05) is 32.8 Å². The van der Waals surface area contributed by atoms with Gasteiger partial charge >= 0.3 is 0 Å². The first kappa shape index (κ1) is 13.7. The van der Waals surface area contributed by atoms with Crippen molar-refractivity contribution in [1.29, 1.82) is 0 Å². The van der Waals surface area contributed by atoms with Gasteiger partial charge in [-0.3, -0.25) is 4.79 Å². The number of hydrogen-bond acceptors (Lipinski definition) is 3. The highest BCUT2D eigenvalue weighted by atomic mass is 35.5. The lowest BCUT2D eigenvalue weighted by molar-refractivity contribution is -0.141. The minimum atomic E-state index is -0.276. The molecule has 0 bridgehead atoms. The van der Waals surface area contributed by atoms with Crippen molar-refractivity contribution >= 4 is 18.3 Å². The molecule has 0 saturated carbocycles. The van der Waals surface area contributed by atoms with E-state index in [2.05, 4.69) is 5.32 Å². The summed E-state index contributed by atoms with van der Waals surface area (Å²) >= 11 is 0. The molecule has 2 rings (SSSR count). The Bertz CT molecular complexity index is 238. The fraction of sp³-hybridized carbons (Fsp3) is 0.909. The molecule has 0 aromatic carbocycles. The van der Waals surface area contributed by atoms with Gasteiger partial charge in [-0.25, -0.2) is 0 Å². The minimum Gasteiger partial charge on any atom is -0.369 e. The van der Waals surface area contributed by atoms with Crippen molar-refractivity contribution < 1.29 is 9.53 Å². The molecule has 0 spiro atoms. The molecule has 16 heavy (non-hydrogen) atoms. The van der Waals surface area contributed by atoms with Gasteiger partial charge < -0.3 is 15.0 Å². The molecule has 1 unspecified atom stereocenters. The van der Waals surface area contributed by atoms with E-state index >= 15 is 0 Å². The summed E-state index contributed by atoms with van der Waals surface area (Å²) < 4.78 is 5.33. The van der Waals surface area contributed by atoms with E-state index in [1.807, 2.05) is 18.7 Å². The number of fused-ring (bicyclic) bond motifs is 1. The Labute approximate surface area is 103 Å². The number of likely N-dealkylation sites (tertiary alicyclic amines) is 1. The number of carbonyl (C=O) groups excluding carboxylic acids is 1. The summed E-state index contributed by atoms with van der Waals surface area (Å²) in [4.78, 5) is 13.9. The van der Waals surface area contributed by atoms with Crippen LogP contribution in [0.5, 0.6) is 0 Å². The third-order valence-corrected chi connectivity index (χ3v) is 3.47. The predicted octanol–water partition coefficient (Wildman–Crippen LogP) is 0.511. The second-order valence-corrected chi connectivity index (χ2v) is 4.52. The van der Waals surface area contributed by atoms with Crippen molar-refractivity contribution in [3.8, 4) is 0 Å². The van der Waals surface area contributed by atoms with E-state index < -0.39 is 0 Å². The summed E-state index contributed by atoms with van der Waals surface area (Å²) in [5.74, 6) is 1.50. The number of amides is 1. The van der Waals surface area contributed by atoms with E-state index in [9.17, 15) is 4.79 Å². The second kappa shape index (κ2) is 5.84. The minimum absolute atomic E-state index is 0. The molecule has 5 heteroatoms. The number of hydrogen-bond donors (Lipinski definition) is 1. The molecule has 2 saturated heterocycles. The molecular formula is C11H21ClN2O2. The quantitative estimate of drug-likeness (QED) is 0.792. The van der Waals surface area contributed by atoms with Crippen LogP contribution in [0.25, 0.3) is 0 Å². The zero-order chi connectivity index (χ0) is 10.8. The van der Waals surface area contributed by atoms with E-state index in [-0.39, 0.29) is 24.4 Å². The van der Waals surface area contributed by atoms with Gasteiger partial charge in [0.15, 0.2) is 0 Å². The van der Waals surface area contributed by atoms with Gasteiger partial charge in [0.1, 0.15) is 6.10 Å². The Morgan fingerprint density at radius 3 is 2.50 bits per heavy atom. The van der Waals surface area contributed by atoms with E-state index in [4.69, 9.17) is 4.74 Å². The number of ether oxygens (including phenoxy) is 1. The van der Waals surface area contributed by atoms with Crippen molar-refractivity contribution in [2.45, 2.75) is 20.0 Å².